The molecule has 0 radical (unpaired) electrons. The number of benzene rings is 2. The fourth-order valence-corrected chi connectivity index (χ4v) is 3.07. The Morgan fingerprint density at radius 3 is 2.79 bits per heavy atom. The average molecular weight is 444 g/mol. The lowest BCUT2D eigenvalue weighted by Gasteiger charge is -2.10. The van der Waals surface area contributed by atoms with Crippen LogP contribution in [0.4, 0.5) is 17.4 Å². The molecule has 0 amide bonds. The Hall–Kier alpha value is -4.62. The molecule has 3 N–H and O–H groups in total. The minimum atomic E-state index is -0.863. The van der Waals surface area contributed by atoms with Gasteiger partial charge in [0.15, 0.2) is 11.5 Å². The third kappa shape index (κ3) is 5.75. The summed E-state index contributed by atoms with van der Waals surface area (Å²) < 4.78 is 11.3. The standard InChI is InChI=1S/C24H20N4O5/c29-15-21(26-17-4-1-6-19(13-17)32-11-3-7-23(30)31)16-8-9-20-22(12-16)33-24(28-20)27-18-5-2-10-25-14-18/h1-2,4-6,8-10,12-14,26H,3,7,11H2,(H,27,28)(H,30,31). The van der Waals surface area contributed by atoms with E-state index in [-0.39, 0.29) is 18.7 Å². The maximum atomic E-state index is 11.7. The number of ether oxygens (including phenoxy) is 1. The number of pyridine rings is 1. The topological polar surface area (TPSA) is 127 Å². The van der Waals surface area contributed by atoms with Crippen molar-refractivity contribution in [3.63, 3.8) is 0 Å². The molecule has 0 saturated heterocycles. The molecule has 0 aliphatic rings. The first-order chi connectivity index (χ1) is 16.1. The molecule has 4 rings (SSSR count). The average Bonchev–Trinajstić information content (AvgIpc) is 3.22. The van der Waals surface area contributed by atoms with Crippen LogP contribution in [0.1, 0.15) is 18.4 Å². The van der Waals surface area contributed by atoms with Crippen LogP contribution in [-0.4, -0.2) is 33.6 Å². The number of rotatable bonds is 10. The summed E-state index contributed by atoms with van der Waals surface area (Å²) in [5.74, 6) is 1.63. The lowest BCUT2D eigenvalue weighted by molar-refractivity contribution is -0.137. The third-order valence-corrected chi connectivity index (χ3v) is 4.60. The molecule has 0 aliphatic heterocycles. The van der Waals surface area contributed by atoms with Gasteiger partial charge < -0.3 is 24.9 Å². The van der Waals surface area contributed by atoms with Crippen molar-refractivity contribution in [1.29, 1.82) is 0 Å². The lowest BCUT2D eigenvalue weighted by Crippen LogP contribution is -2.03. The van der Waals surface area contributed by atoms with Crippen molar-refractivity contribution in [2.45, 2.75) is 12.8 Å². The Morgan fingerprint density at radius 1 is 1.12 bits per heavy atom. The van der Waals surface area contributed by atoms with Crippen molar-refractivity contribution in [1.82, 2.24) is 9.97 Å². The van der Waals surface area contributed by atoms with Gasteiger partial charge >= 0.3 is 5.97 Å². The number of carboxylic acid groups (broad SMARTS) is 1. The molecule has 9 heteroatoms. The Labute approximate surface area is 188 Å². The number of hydrogen-bond acceptors (Lipinski definition) is 8. The van der Waals surface area contributed by atoms with Gasteiger partial charge in [-0.3, -0.25) is 9.78 Å². The monoisotopic (exact) mass is 444 g/mol. The number of oxazole rings is 1. The van der Waals surface area contributed by atoms with Crippen LogP contribution in [0.25, 0.3) is 16.8 Å². The smallest absolute Gasteiger partial charge is 0.303 e. The van der Waals surface area contributed by atoms with Gasteiger partial charge in [-0.2, -0.15) is 4.98 Å². The number of aliphatic carboxylic acids is 1. The summed E-state index contributed by atoms with van der Waals surface area (Å²) in [4.78, 5) is 30.7. The van der Waals surface area contributed by atoms with Gasteiger partial charge in [-0.15, -0.1) is 0 Å². The van der Waals surface area contributed by atoms with Gasteiger partial charge in [-0.05, 0) is 48.9 Å². The molecule has 2 aromatic heterocycles. The normalized spacial score (nSPS) is 10.4. The molecule has 33 heavy (non-hydrogen) atoms. The molecule has 2 heterocycles. The number of fused-ring (bicyclic) bond motifs is 1. The summed E-state index contributed by atoms with van der Waals surface area (Å²) in [7, 11) is 0. The molecular weight excluding hydrogens is 424 g/mol. The summed E-state index contributed by atoms with van der Waals surface area (Å²) in [5, 5.41) is 14.8. The zero-order valence-electron chi connectivity index (χ0n) is 17.4. The highest BCUT2D eigenvalue weighted by Crippen LogP contribution is 2.26. The number of nitrogens with one attached hydrogen (secondary N) is 2. The van der Waals surface area contributed by atoms with E-state index in [1.165, 1.54) is 0 Å². The van der Waals surface area contributed by atoms with Crippen LogP contribution in [0.5, 0.6) is 5.75 Å². The predicted molar refractivity (Wildman–Crippen MR) is 123 cm³/mol. The van der Waals surface area contributed by atoms with Gasteiger partial charge in [0, 0.05) is 29.9 Å². The van der Waals surface area contributed by atoms with E-state index >= 15 is 0 Å². The third-order valence-electron chi connectivity index (χ3n) is 4.60. The van der Waals surface area contributed by atoms with Crippen LogP contribution in [0.2, 0.25) is 0 Å². The van der Waals surface area contributed by atoms with Gasteiger partial charge in [0.25, 0.3) is 6.01 Å². The van der Waals surface area contributed by atoms with E-state index in [0.29, 0.717) is 40.5 Å². The van der Waals surface area contributed by atoms with Crippen LogP contribution in [0.15, 0.2) is 71.4 Å². The second-order valence-electron chi connectivity index (χ2n) is 7.04. The van der Waals surface area contributed by atoms with Gasteiger partial charge in [-0.1, -0.05) is 6.07 Å². The van der Waals surface area contributed by atoms with Gasteiger partial charge in [0.2, 0.25) is 0 Å². The van der Waals surface area contributed by atoms with E-state index < -0.39 is 5.97 Å². The summed E-state index contributed by atoms with van der Waals surface area (Å²) in [6.45, 7) is 0.281. The number of carbonyl (C=O) groups excluding carboxylic acids is 1. The fraction of sp³-hybridized carbons (Fsp3) is 0.125. The zero-order valence-corrected chi connectivity index (χ0v) is 17.4. The number of carboxylic acids is 1. The minimum absolute atomic E-state index is 0.0412. The number of anilines is 3. The minimum Gasteiger partial charge on any atom is -0.494 e. The van der Waals surface area contributed by atoms with E-state index in [2.05, 4.69) is 20.6 Å². The molecule has 166 valence electrons. The lowest BCUT2D eigenvalue weighted by atomic mass is 10.1. The quantitative estimate of drug-likeness (QED) is 0.239. The molecule has 2 aromatic carbocycles. The molecule has 0 atom stereocenters. The zero-order chi connectivity index (χ0) is 23.0. The highest BCUT2D eigenvalue weighted by molar-refractivity contribution is 5.96. The van der Waals surface area contributed by atoms with Crippen molar-refractivity contribution in [3.05, 3.63) is 72.6 Å². The van der Waals surface area contributed by atoms with E-state index in [4.69, 9.17) is 14.3 Å². The first kappa shape index (κ1) is 21.6. The Morgan fingerprint density at radius 2 is 2.00 bits per heavy atom. The second kappa shape index (κ2) is 10.1. The van der Waals surface area contributed by atoms with Gasteiger partial charge in [-0.25, -0.2) is 4.79 Å². The Balaban J connectivity index is 1.46. The highest BCUT2D eigenvalue weighted by Gasteiger charge is 2.11. The molecule has 0 unspecified atom stereocenters. The number of hydrogen-bond donors (Lipinski definition) is 3. The van der Waals surface area contributed by atoms with Crippen molar-refractivity contribution in [3.8, 4) is 5.75 Å². The maximum Gasteiger partial charge on any atom is 0.303 e. The largest absolute Gasteiger partial charge is 0.494 e. The van der Waals surface area contributed by atoms with Crippen LogP contribution in [0.3, 0.4) is 0 Å². The van der Waals surface area contributed by atoms with Crippen molar-refractivity contribution < 1.29 is 23.8 Å². The number of nitrogens with zero attached hydrogens (tertiary/aromatic N) is 2. The van der Waals surface area contributed by atoms with Crippen molar-refractivity contribution in [2.75, 3.05) is 17.2 Å². The Bertz CT molecular complexity index is 1310. The number of carbonyl (C=O) groups is 1. The molecule has 0 fully saturated rings. The maximum absolute atomic E-state index is 11.7. The van der Waals surface area contributed by atoms with Crippen LogP contribution in [0, 0.1) is 0 Å². The van der Waals surface area contributed by atoms with Crippen molar-refractivity contribution >= 4 is 46.1 Å². The second-order valence-corrected chi connectivity index (χ2v) is 7.04. The number of aromatic nitrogens is 2. The molecular formula is C24H20N4O5. The van der Waals surface area contributed by atoms with E-state index in [0.717, 1.165) is 5.69 Å². The predicted octanol–water partition coefficient (Wildman–Crippen LogP) is 4.49. The summed E-state index contributed by atoms with van der Waals surface area (Å²) in [6, 6.07) is 16.2. The molecule has 0 aliphatic carbocycles. The Kier molecular flexibility index (Phi) is 6.63. The first-order valence-corrected chi connectivity index (χ1v) is 10.2. The van der Waals surface area contributed by atoms with Crippen LogP contribution < -0.4 is 15.4 Å². The van der Waals surface area contributed by atoms with Crippen LogP contribution >= 0.6 is 0 Å². The summed E-state index contributed by atoms with van der Waals surface area (Å²) in [6.07, 6.45) is 3.77. The van der Waals surface area contributed by atoms with Gasteiger partial charge in [0.1, 0.15) is 17.0 Å². The molecule has 9 nitrogen and oxygen atoms in total. The van der Waals surface area contributed by atoms with E-state index in [1.807, 2.05) is 12.0 Å². The fourth-order valence-electron chi connectivity index (χ4n) is 3.07. The van der Waals surface area contributed by atoms with E-state index in [9.17, 15) is 9.59 Å². The van der Waals surface area contributed by atoms with E-state index in [1.54, 1.807) is 60.9 Å². The van der Waals surface area contributed by atoms with Gasteiger partial charge in [0.05, 0.1) is 18.5 Å². The summed E-state index contributed by atoms with van der Waals surface area (Å²) in [5.41, 5.74) is 3.30. The van der Waals surface area contributed by atoms with Crippen molar-refractivity contribution in [2.24, 2.45) is 0 Å². The SMILES string of the molecule is O=C=C(Nc1cccc(OCCCC(=O)O)c1)c1ccc2nc(Nc3cccnc3)oc2c1. The highest BCUT2D eigenvalue weighted by atomic mass is 16.5. The molecule has 0 bridgehead atoms. The van der Waals surface area contributed by atoms with Crippen LogP contribution in [-0.2, 0) is 9.59 Å². The molecule has 4 aromatic rings. The molecule has 0 saturated carbocycles. The summed E-state index contributed by atoms with van der Waals surface area (Å²) >= 11 is 0. The molecule has 0 spiro atoms. The first-order valence-electron chi connectivity index (χ1n) is 10.2.